The largest absolute Gasteiger partial charge is 0.379 e. The van der Waals surface area contributed by atoms with Gasteiger partial charge in [0.15, 0.2) is 0 Å². The molecular formula is C27H27N3O2. The van der Waals surface area contributed by atoms with Crippen LogP contribution < -0.4 is 5.32 Å². The molecule has 1 fully saturated rings. The number of rotatable bonds is 6. The molecule has 162 valence electrons. The number of carbonyl (C=O) groups excluding carboxylic acids is 1. The zero-order chi connectivity index (χ0) is 21.8. The summed E-state index contributed by atoms with van der Waals surface area (Å²) in [6.45, 7) is 5.16. The van der Waals surface area contributed by atoms with Crippen LogP contribution in [-0.4, -0.2) is 41.7 Å². The minimum Gasteiger partial charge on any atom is -0.379 e. The fraction of sp³-hybridized carbons (Fsp3) is 0.222. The number of anilines is 1. The van der Waals surface area contributed by atoms with E-state index < -0.39 is 0 Å². The van der Waals surface area contributed by atoms with Gasteiger partial charge in [-0.25, -0.2) is 0 Å². The highest BCUT2D eigenvalue weighted by atomic mass is 16.5. The van der Waals surface area contributed by atoms with Gasteiger partial charge in [-0.1, -0.05) is 60.7 Å². The van der Waals surface area contributed by atoms with E-state index in [1.54, 1.807) is 0 Å². The van der Waals surface area contributed by atoms with Crippen molar-refractivity contribution in [2.24, 2.45) is 0 Å². The number of benzene rings is 3. The fourth-order valence-corrected chi connectivity index (χ4v) is 4.25. The first-order valence-electron chi connectivity index (χ1n) is 11.1. The summed E-state index contributed by atoms with van der Waals surface area (Å²) in [5.41, 5.74) is 5.00. The van der Waals surface area contributed by atoms with Crippen LogP contribution in [0, 0.1) is 0 Å². The standard InChI is InChI=1S/C27H27N3O2/c31-27(28-23-12-10-22(11-13-23)18-29-14-16-32-17-15-29)25-20-30(19-21-6-2-1-3-7-21)26-9-5-4-8-24(25)26/h1-13,20H,14-19H2,(H,28,31). The molecule has 0 bridgehead atoms. The summed E-state index contributed by atoms with van der Waals surface area (Å²) in [6.07, 6.45) is 1.96. The summed E-state index contributed by atoms with van der Waals surface area (Å²) in [7, 11) is 0. The predicted octanol–water partition coefficient (Wildman–Crippen LogP) is 4.77. The van der Waals surface area contributed by atoms with Crippen LogP contribution in [0.4, 0.5) is 5.69 Å². The summed E-state index contributed by atoms with van der Waals surface area (Å²) in [4.78, 5) is 15.5. The third-order valence-corrected chi connectivity index (χ3v) is 5.95. The molecule has 2 heterocycles. The van der Waals surface area contributed by atoms with Gasteiger partial charge in [-0.15, -0.1) is 0 Å². The van der Waals surface area contributed by atoms with Gasteiger partial charge in [0, 0.05) is 49.0 Å². The monoisotopic (exact) mass is 425 g/mol. The average Bonchev–Trinajstić information content (AvgIpc) is 3.20. The minimum atomic E-state index is -0.0889. The van der Waals surface area contributed by atoms with Gasteiger partial charge in [-0.05, 0) is 29.3 Å². The molecule has 1 N–H and O–H groups in total. The first kappa shape index (κ1) is 20.5. The van der Waals surface area contributed by atoms with E-state index in [4.69, 9.17) is 4.74 Å². The van der Waals surface area contributed by atoms with Crippen LogP contribution in [0.1, 0.15) is 21.5 Å². The first-order chi connectivity index (χ1) is 15.8. The first-order valence-corrected chi connectivity index (χ1v) is 11.1. The van der Waals surface area contributed by atoms with Gasteiger partial charge in [-0.2, -0.15) is 0 Å². The Morgan fingerprint density at radius 2 is 1.50 bits per heavy atom. The number of aromatic nitrogens is 1. The fourth-order valence-electron chi connectivity index (χ4n) is 4.25. The van der Waals surface area contributed by atoms with Crippen molar-refractivity contribution in [2.75, 3.05) is 31.6 Å². The third-order valence-electron chi connectivity index (χ3n) is 5.95. The summed E-state index contributed by atoms with van der Waals surface area (Å²) in [5.74, 6) is -0.0889. The number of para-hydroxylation sites is 1. The topological polar surface area (TPSA) is 46.5 Å². The zero-order valence-electron chi connectivity index (χ0n) is 18.0. The molecule has 0 unspecified atom stereocenters. The van der Waals surface area contributed by atoms with Gasteiger partial charge in [0.05, 0.1) is 18.8 Å². The maximum absolute atomic E-state index is 13.1. The van der Waals surface area contributed by atoms with Gasteiger partial charge >= 0.3 is 0 Å². The number of nitrogens with one attached hydrogen (secondary N) is 1. The number of carbonyl (C=O) groups is 1. The summed E-state index contributed by atoms with van der Waals surface area (Å²) in [6, 6.07) is 26.5. The van der Waals surface area contributed by atoms with Gasteiger partial charge in [-0.3, -0.25) is 9.69 Å². The van der Waals surface area contributed by atoms with E-state index in [1.807, 2.05) is 54.7 Å². The lowest BCUT2D eigenvalue weighted by molar-refractivity contribution is 0.0342. The van der Waals surface area contributed by atoms with Crippen LogP contribution in [0.25, 0.3) is 10.9 Å². The van der Waals surface area contributed by atoms with Gasteiger partial charge in [0.25, 0.3) is 5.91 Å². The minimum absolute atomic E-state index is 0.0889. The summed E-state index contributed by atoms with van der Waals surface area (Å²) >= 11 is 0. The van der Waals surface area contributed by atoms with Crippen molar-refractivity contribution in [3.05, 3.63) is 102 Å². The number of fused-ring (bicyclic) bond motifs is 1. The highest BCUT2D eigenvalue weighted by Crippen LogP contribution is 2.24. The predicted molar refractivity (Wildman–Crippen MR) is 128 cm³/mol. The summed E-state index contributed by atoms with van der Waals surface area (Å²) in [5, 5.41) is 4.04. The number of nitrogens with zero attached hydrogens (tertiary/aromatic N) is 2. The van der Waals surface area contributed by atoms with Crippen molar-refractivity contribution >= 4 is 22.5 Å². The molecule has 1 aliphatic heterocycles. The van der Waals surface area contributed by atoms with Crippen molar-refractivity contribution in [3.8, 4) is 0 Å². The van der Waals surface area contributed by atoms with E-state index in [2.05, 4.69) is 45.1 Å². The molecule has 0 spiro atoms. The van der Waals surface area contributed by atoms with Crippen LogP contribution in [0.2, 0.25) is 0 Å². The van der Waals surface area contributed by atoms with Gasteiger partial charge in [0.1, 0.15) is 0 Å². The second kappa shape index (κ2) is 9.39. The Morgan fingerprint density at radius 3 is 2.28 bits per heavy atom. The molecular weight excluding hydrogens is 398 g/mol. The van der Waals surface area contributed by atoms with Crippen molar-refractivity contribution in [3.63, 3.8) is 0 Å². The number of hydrogen-bond acceptors (Lipinski definition) is 3. The van der Waals surface area contributed by atoms with Crippen LogP contribution in [-0.2, 0) is 17.8 Å². The van der Waals surface area contributed by atoms with Crippen LogP contribution in [0.3, 0.4) is 0 Å². The quantitative estimate of drug-likeness (QED) is 0.484. The van der Waals surface area contributed by atoms with Crippen molar-refractivity contribution < 1.29 is 9.53 Å². The third kappa shape index (κ3) is 4.59. The molecule has 1 aliphatic rings. The van der Waals surface area contributed by atoms with Gasteiger partial charge in [0.2, 0.25) is 0 Å². The molecule has 0 saturated carbocycles. The molecule has 5 nitrogen and oxygen atoms in total. The number of amides is 1. The van der Waals surface area contributed by atoms with E-state index in [0.717, 1.165) is 56.0 Å². The zero-order valence-corrected chi connectivity index (χ0v) is 18.0. The van der Waals surface area contributed by atoms with Crippen molar-refractivity contribution in [2.45, 2.75) is 13.1 Å². The van der Waals surface area contributed by atoms with Crippen LogP contribution in [0.5, 0.6) is 0 Å². The van der Waals surface area contributed by atoms with Crippen molar-refractivity contribution in [1.82, 2.24) is 9.47 Å². The van der Waals surface area contributed by atoms with E-state index in [1.165, 1.54) is 11.1 Å². The van der Waals surface area contributed by atoms with Crippen LogP contribution in [0.15, 0.2) is 85.1 Å². The maximum Gasteiger partial charge on any atom is 0.257 e. The lowest BCUT2D eigenvalue weighted by Gasteiger charge is -2.26. The van der Waals surface area contributed by atoms with Crippen LogP contribution >= 0.6 is 0 Å². The molecule has 3 aromatic carbocycles. The molecule has 5 rings (SSSR count). The van der Waals surface area contributed by atoms with Gasteiger partial charge < -0.3 is 14.6 Å². The molecule has 5 heteroatoms. The van der Waals surface area contributed by atoms with Crippen molar-refractivity contribution in [1.29, 1.82) is 0 Å². The van der Waals surface area contributed by atoms with E-state index in [9.17, 15) is 4.79 Å². The lowest BCUT2D eigenvalue weighted by Crippen LogP contribution is -2.35. The highest BCUT2D eigenvalue weighted by Gasteiger charge is 2.16. The normalized spacial score (nSPS) is 14.5. The lowest BCUT2D eigenvalue weighted by atomic mass is 10.1. The average molecular weight is 426 g/mol. The molecule has 1 amide bonds. The second-order valence-electron chi connectivity index (χ2n) is 8.21. The summed E-state index contributed by atoms with van der Waals surface area (Å²) < 4.78 is 7.56. The molecule has 32 heavy (non-hydrogen) atoms. The smallest absolute Gasteiger partial charge is 0.257 e. The SMILES string of the molecule is O=C(Nc1ccc(CN2CCOCC2)cc1)c1cn(Cc2ccccc2)c2ccccc12. The second-order valence-corrected chi connectivity index (χ2v) is 8.21. The molecule has 1 saturated heterocycles. The Hall–Kier alpha value is -3.41. The molecule has 0 atom stereocenters. The molecule has 1 aromatic heterocycles. The highest BCUT2D eigenvalue weighted by molar-refractivity contribution is 6.13. The Morgan fingerprint density at radius 1 is 0.812 bits per heavy atom. The van der Waals surface area contributed by atoms with E-state index in [-0.39, 0.29) is 5.91 Å². The number of hydrogen-bond donors (Lipinski definition) is 1. The Balaban J connectivity index is 1.32. The van der Waals surface area contributed by atoms with E-state index in [0.29, 0.717) is 5.56 Å². The maximum atomic E-state index is 13.1. The molecule has 0 radical (unpaired) electrons. The molecule has 0 aliphatic carbocycles. The Kier molecular flexibility index (Phi) is 6.01. The number of ether oxygens (including phenoxy) is 1. The Labute approximate surface area is 188 Å². The van der Waals surface area contributed by atoms with E-state index >= 15 is 0 Å². The molecule has 4 aromatic rings. The Bertz CT molecular complexity index is 1190. The number of morpholine rings is 1.